The second-order valence-corrected chi connectivity index (χ2v) is 5.19. The molecule has 0 saturated heterocycles. The van der Waals surface area contributed by atoms with Crippen LogP contribution >= 0.6 is 0 Å². The Labute approximate surface area is 108 Å². The van der Waals surface area contributed by atoms with E-state index in [1.807, 2.05) is 19.1 Å². The number of aromatic carboxylic acids is 1. The molecule has 1 aromatic carbocycles. The van der Waals surface area contributed by atoms with Gasteiger partial charge >= 0.3 is 5.97 Å². The molecule has 18 heavy (non-hydrogen) atoms. The summed E-state index contributed by atoms with van der Waals surface area (Å²) in [6.45, 7) is 1.99. The lowest BCUT2D eigenvalue weighted by molar-refractivity contribution is 0.0698. The maximum atomic E-state index is 11.2. The largest absolute Gasteiger partial charge is 0.478 e. The average Bonchev–Trinajstić information content (AvgIpc) is 2.57. The highest BCUT2D eigenvalue weighted by Crippen LogP contribution is 2.24. The van der Waals surface area contributed by atoms with Gasteiger partial charge in [-0.3, -0.25) is 0 Å². The van der Waals surface area contributed by atoms with Crippen LogP contribution in [0.15, 0.2) is 18.2 Å². The maximum Gasteiger partial charge on any atom is 0.337 e. The number of hydrogen-bond acceptors (Lipinski definition) is 2. The summed E-state index contributed by atoms with van der Waals surface area (Å²) in [6, 6.07) is 5.90. The molecule has 98 valence electrons. The summed E-state index contributed by atoms with van der Waals surface area (Å²) in [7, 11) is 0. The number of nitrogens with one attached hydrogen (secondary N) is 1. The molecule has 0 aliphatic heterocycles. The predicted octanol–water partition coefficient (Wildman–Crippen LogP) is 3.83. The standard InChI is InChI=1S/C15H21NO2/c1-11-8-9-13(15(17)18)14(10-11)16-12-6-4-2-3-5-7-12/h8-10,12,16H,2-7H2,1H3,(H,17,18). The third-order valence-electron chi connectivity index (χ3n) is 3.62. The van der Waals surface area contributed by atoms with E-state index in [9.17, 15) is 9.90 Å². The summed E-state index contributed by atoms with van der Waals surface area (Å²) in [5.41, 5.74) is 2.25. The number of hydrogen-bond donors (Lipinski definition) is 2. The van der Waals surface area contributed by atoms with E-state index in [1.165, 1.54) is 25.7 Å². The monoisotopic (exact) mass is 247 g/mol. The van der Waals surface area contributed by atoms with Crippen molar-refractivity contribution in [3.05, 3.63) is 29.3 Å². The van der Waals surface area contributed by atoms with Crippen LogP contribution in [0.1, 0.15) is 54.4 Å². The van der Waals surface area contributed by atoms with Crippen LogP contribution in [0.5, 0.6) is 0 Å². The van der Waals surface area contributed by atoms with E-state index >= 15 is 0 Å². The van der Waals surface area contributed by atoms with E-state index in [0.29, 0.717) is 11.6 Å². The quantitative estimate of drug-likeness (QED) is 0.798. The second-order valence-electron chi connectivity index (χ2n) is 5.19. The maximum absolute atomic E-state index is 11.2. The summed E-state index contributed by atoms with van der Waals surface area (Å²) in [5, 5.41) is 12.6. The summed E-state index contributed by atoms with van der Waals surface area (Å²) >= 11 is 0. The van der Waals surface area contributed by atoms with E-state index in [1.54, 1.807) is 6.07 Å². The smallest absolute Gasteiger partial charge is 0.337 e. The Bertz CT molecular complexity index is 421. The first-order valence-electron chi connectivity index (χ1n) is 6.77. The molecule has 0 radical (unpaired) electrons. The molecule has 2 N–H and O–H groups in total. The van der Waals surface area contributed by atoms with Crippen molar-refractivity contribution in [3.8, 4) is 0 Å². The summed E-state index contributed by atoms with van der Waals surface area (Å²) in [6.07, 6.45) is 7.38. The highest BCUT2D eigenvalue weighted by molar-refractivity contribution is 5.94. The summed E-state index contributed by atoms with van der Waals surface area (Å²) < 4.78 is 0. The Morgan fingerprint density at radius 3 is 2.50 bits per heavy atom. The molecular weight excluding hydrogens is 226 g/mol. The first kappa shape index (κ1) is 12.9. The molecule has 1 aliphatic rings. The highest BCUT2D eigenvalue weighted by Gasteiger charge is 2.16. The fourth-order valence-electron chi connectivity index (χ4n) is 2.61. The van der Waals surface area contributed by atoms with Gasteiger partial charge in [0.25, 0.3) is 0 Å². The summed E-state index contributed by atoms with van der Waals surface area (Å²) in [4.78, 5) is 11.2. The highest BCUT2D eigenvalue weighted by atomic mass is 16.4. The van der Waals surface area contributed by atoms with Crippen LogP contribution < -0.4 is 5.32 Å². The van der Waals surface area contributed by atoms with Gasteiger partial charge in [-0.05, 0) is 37.5 Å². The minimum atomic E-state index is -0.855. The van der Waals surface area contributed by atoms with E-state index in [-0.39, 0.29) is 0 Å². The van der Waals surface area contributed by atoms with Crippen molar-refractivity contribution in [2.45, 2.75) is 51.5 Å². The average molecular weight is 247 g/mol. The lowest BCUT2D eigenvalue weighted by atomic mass is 10.1. The minimum Gasteiger partial charge on any atom is -0.478 e. The number of benzene rings is 1. The van der Waals surface area contributed by atoms with Crippen LogP contribution in [-0.4, -0.2) is 17.1 Å². The van der Waals surface area contributed by atoms with E-state index < -0.39 is 5.97 Å². The molecule has 0 bridgehead atoms. The number of rotatable bonds is 3. The van der Waals surface area contributed by atoms with Crippen molar-refractivity contribution >= 4 is 11.7 Å². The van der Waals surface area contributed by atoms with Crippen molar-refractivity contribution < 1.29 is 9.90 Å². The van der Waals surface area contributed by atoms with Gasteiger partial charge in [0, 0.05) is 11.7 Å². The zero-order chi connectivity index (χ0) is 13.0. The van der Waals surface area contributed by atoms with Crippen molar-refractivity contribution in [2.75, 3.05) is 5.32 Å². The molecule has 0 unspecified atom stereocenters. The Morgan fingerprint density at radius 1 is 1.22 bits per heavy atom. The van der Waals surface area contributed by atoms with Crippen LogP contribution in [0, 0.1) is 6.92 Å². The van der Waals surface area contributed by atoms with E-state index in [0.717, 1.165) is 24.1 Å². The molecule has 3 nitrogen and oxygen atoms in total. The third-order valence-corrected chi connectivity index (χ3v) is 3.62. The predicted molar refractivity (Wildman–Crippen MR) is 73.3 cm³/mol. The van der Waals surface area contributed by atoms with Crippen LogP contribution in [-0.2, 0) is 0 Å². The molecule has 0 amide bonds. The van der Waals surface area contributed by atoms with Gasteiger partial charge in [-0.1, -0.05) is 31.7 Å². The fraction of sp³-hybridized carbons (Fsp3) is 0.533. The molecule has 0 spiro atoms. The van der Waals surface area contributed by atoms with Crippen LogP contribution in [0.25, 0.3) is 0 Å². The Kier molecular flexibility index (Phi) is 4.24. The molecule has 0 heterocycles. The number of carboxylic acids is 1. The van der Waals surface area contributed by atoms with Gasteiger partial charge in [0.2, 0.25) is 0 Å². The minimum absolute atomic E-state index is 0.379. The molecule has 0 aromatic heterocycles. The molecule has 2 rings (SSSR count). The van der Waals surface area contributed by atoms with Gasteiger partial charge < -0.3 is 10.4 Å². The first-order chi connectivity index (χ1) is 8.66. The van der Waals surface area contributed by atoms with Crippen LogP contribution in [0.3, 0.4) is 0 Å². The van der Waals surface area contributed by atoms with Crippen molar-refractivity contribution in [1.82, 2.24) is 0 Å². The lowest BCUT2D eigenvalue weighted by Crippen LogP contribution is -2.20. The number of anilines is 1. The first-order valence-corrected chi connectivity index (χ1v) is 6.77. The van der Waals surface area contributed by atoms with E-state index in [4.69, 9.17) is 0 Å². The molecule has 1 aliphatic carbocycles. The zero-order valence-electron chi connectivity index (χ0n) is 10.9. The van der Waals surface area contributed by atoms with Gasteiger partial charge in [-0.25, -0.2) is 4.79 Å². The van der Waals surface area contributed by atoms with Gasteiger partial charge in [0.05, 0.1) is 5.56 Å². The number of carboxylic acid groups (broad SMARTS) is 1. The summed E-state index contributed by atoms with van der Waals surface area (Å²) in [5.74, 6) is -0.855. The Hall–Kier alpha value is -1.51. The normalized spacial score (nSPS) is 17.2. The van der Waals surface area contributed by atoms with Gasteiger partial charge in [-0.2, -0.15) is 0 Å². The number of carbonyl (C=O) groups is 1. The van der Waals surface area contributed by atoms with Crippen LogP contribution in [0.4, 0.5) is 5.69 Å². The Morgan fingerprint density at radius 2 is 1.89 bits per heavy atom. The fourth-order valence-corrected chi connectivity index (χ4v) is 2.61. The molecular formula is C15H21NO2. The third kappa shape index (κ3) is 3.25. The van der Waals surface area contributed by atoms with Crippen molar-refractivity contribution in [2.24, 2.45) is 0 Å². The van der Waals surface area contributed by atoms with Crippen molar-refractivity contribution in [1.29, 1.82) is 0 Å². The second kappa shape index (κ2) is 5.89. The molecule has 3 heteroatoms. The van der Waals surface area contributed by atoms with Crippen LogP contribution in [0.2, 0.25) is 0 Å². The molecule has 1 saturated carbocycles. The SMILES string of the molecule is Cc1ccc(C(=O)O)c(NC2CCCCCC2)c1. The van der Waals surface area contributed by atoms with Gasteiger partial charge in [-0.15, -0.1) is 0 Å². The topological polar surface area (TPSA) is 49.3 Å². The zero-order valence-corrected chi connectivity index (χ0v) is 10.9. The molecule has 1 aromatic rings. The molecule has 1 fully saturated rings. The van der Waals surface area contributed by atoms with Gasteiger partial charge in [0.1, 0.15) is 0 Å². The number of aryl methyl sites for hydroxylation is 1. The lowest BCUT2D eigenvalue weighted by Gasteiger charge is -2.19. The van der Waals surface area contributed by atoms with Crippen molar-refractivity contribution in [3.63, 3.8) is 0 Å². The Balaban J connectivity index is 2.15. The van der Waals surface area contributed by atoms with Gasteiger partial charge in [0.15, 0.2) is 0 Å². The molecule has 0 atom stereocenters. The van der Waals surface area contributed by atoms with E-state index in [2.05, 4.69) is 5.32 Å².